The van der Waals surface area contributed by atoms with Gasteiger partial charge in [-0.3, -0.25) is 9.78 Å². The molecule has 0 radical (unpaired) electrons. The van der Waals surface area contributed by atoms with Crippen molar-refractivity contribution >= 4 is 43.1 Å². The highest BCUT2D eigenvalue weighted by Crippen LogP contribution is 2.27. The van der Waals surface area contributed by atoms with Crippen molar-refractivity contribution in [3.8, 4) is 0 Å². The predicted molar refractivity (Wildman–Crippen MR) is 130 cm³/mol. The van der Waals surface area contributed by atoms with E-state index in [2.05, 4.69) is 20.3 Å². The largest absolute Gasteiger partial charge is 0.348 e. The van der Waals surface area contributed by atoms with Crippen LogP contribution in [0.4, 0.5) is 10.3 Å². The van der Waals surface area contributed by atoms with E-state index in [9.17, 15) is 17.6 Å². The standard InChI is InChI=1S/C24H23FN4O3S2/c1-15(17-12-18(25)14-26-13-17)27-24-28-20-10-11-33-23(20)22(29-24)21(30)5-3-4-16-6-8-19(9-7-16)34(2,31)32/h6-15H,3-5H2,1-2H3,(H,27,28,29)/t15-/m0/s1. The number of nitrogens with one attached hydrogen (secondary N) is 1. The molecule has 0 saturated carbocycles. The number of thiophene rings is 1. The fourth-order valence-electron chi connectivity index (χ4n) is 3.53. The van der Waals surface area contributed by atoms with Crippen molar-refractivity contribution in [2.45, 2.75) is 37.1 Å². The highest BCUT2D eigenvalue weighted by molar-refractivity contribution is 7.90. The zero-order valence-corrected chi connectivity index (χ0v) is 20.3. The van der Waals surface area contributed by atoms with Crippen molar-refractivity contribution in [1.82, 2.24) is 15.0 Å². The molecule has 0 aliphatic carbocycles. The van der Waals surface area contributed by atoms with E-state index in [-0.39, 0.29) is 16.7 Å². The monoisotopic (exact) mass is 498 g/mol. The van der Waals surface area contributed by atoms with E-state index >= 15 is 0 Å². The predicted octanol–water partition coefficient (Wildman–Crippen LogP) is 5.01. The molecule has 0 spiro atoms. The number of Topliss-reactive ketones (excluding diaryl/α,β-unsaturated/α-hetero) is 1. The number of fused-ring (bicyclic) bond motifs is 1. The maximum absolute atomic E-state index is 13.5. The lowest BCUT2D eigenvalue weighted by Gasteiger charge is -2.14. The number of benzene rings is 1. The molecule has 0 fully saturated rings. The van der Waals surface area contributed by atoms with Gasteiger partial charge in [-0.2, -0.15) is 0 Å². The van der Waals surface area contributed by atoms with Gasteiger partial charge in [-0.15, -0.1) is 11.3 Å². The van der Waals surface area contributed by atoms with Crippen molar-refractivity contribution < 1.29 is 17.6 Å². The number of pyridine rings is 1. The smallest absolute Gasteiger partial charge is 0.224 e. The molecule has 4 aromatic rings. The van der Waals surface area contributed by atoms with Crippen LogP contribution in [0, 0.1) is 5.82 Å². The molecule has 0 saturated heterocycles. The first-order valence-electron chi connectivity index (χ1n) is 10.6. The van der Waals surface area contributed by atoms with Gasteiger partial charge in [-0.05, 0) is 60.5 Å². The average Bonchev–Trinajstić information content (AvgIpc) is 3.27. The molecule has 7 nitrogen and oxygen atoms in total. The number of sulfone groups is 1. The summed E-state index contributed by atoms with van der Waals surface area (Å²) >= 11 is 1.41. The van der Waals surface area contributed by atoms with Gasteiger partial charge in [-0.1, -0.05) is 12.1 Å². The number of carbonyl (C=O) groups is 1. The number of aromatic nitrogens is 3. The number of ketones is 1. The number of nitrogens with zero attached hydrogens (tertiary/aromatic N) is 3. The fourth-order valence-corrected chi connectivity index (χ4v) is 5.00. The minimum atomic E-state index is -3.23. The SMILES string of the molecule is C[C@H](Nc1nc(C(=O)CCCc2ccc(S(C)(=O)=O)cc2)c2sccc2n1)c1cncc(F)c1. The zero-order chi connectivity index (χ0) is 24.3. The zero-order valence-electron chi connectivity index (χ0n) is 18.7. The van der Waals surface area contributed by atoms with Crippen molar-refractivity contribution in [3.05, 3.63) is 76.8 Å². The van der Waals surface area contributed by atoms with Crippen LogP contribution in [0.2, 0.25) is 0 Å². The number of carbonyl (C=O) groups excluding carboxylic acids is 1. The topological polar surface area (TPSA) is 102 Å². The Hall–Kier alpha value is -3.24. The average molecular weight is 499 g/mol. The lowest BCUT2D eigenvalue weighted by atomic mass is 10.1. The fraction of sp³-hybridized carbons (Fsp3) is 0.250. The molecule has 1 atom stereocenters. The molecule has 176 valence electrons. The van der Waals surface area contributed by atoms with Crippen LogP contribution in [0.25, 0.3) is 10.2 Å². The minimum absolute atomic E-state index is 0.0919. The second-order valence-electron chi connectivity index (χ2n) is 8.03. The highest BCUT2D eigenvalue weighted by atomic mass is 32.2. The first-order valence-corrected chi connectivity index (χ1v) is 13.4. The summed E-state index contributed by atoms with van der Waals surface area (Å²) in [4.78, 5) is 26.2. The van der Waals surface area contributed by atoms with E-state index in [0.717, 1.165) is 16.5 Å². The normalized spacial score (nSPS) is 12.6. The summed E-state index contributed by atoms with van der Waals surface area (Å²) in [5.74, 6) is -0.227. The number of hydrogen-bond acceptors (Lipinski definition) is 8. The molecular formula is C24H23FN4O3S2. The number of aryl methyl sites for hydroxylation is 1. The molecule has 0 bridgehead atoms. The van der Waals surface area contributed by atoms with E-state index in [4.69, 9.17) is 0 Å². The lowest BCUT2D eigenvalue weighted by molar-refractivity contribution is 0.0977. The Kier molecular flexibility index (Phi) is 6.99. The third-order valence-electron chi connectivity index (χ3n) is 5.36. The van der Waals surface area contributed by atoms with Crippen LogP contribution in [0.5, 0.6) is 0 Å². The molecule has 0 unspecified atom stereocenters. The Morgan fingerprint density at radius 2 is 1.91 bits per heavy atom. The Balaban J connectivity index is 1.46. The van der Waals surface area contributed by atoms with Crippen LogP contribution in [0.15, 0.2) is 59.1 Å². The van der Waals surface area contributed by atoms with Crippen LogP contribution in [-0.4, -0.2) is 35.4 Å². The molecule has 10 heteroatoms. The first-order chi connectivity index (χ1) is 16.2. The number of hydrogen-bond donors (Lipinski definition) is 1. The van der Waals surface area contributed by atoms with E-state index in [1.165, 1.54) is 23.7 Å². The second kappa shape index (κ2) is 9.94. The van der Waals surface area contributed by atoms with Gasteiger partial charge in [0, 0.05) is 18.9 Å². The summed E-state index contributed by atoms with van der Waals surface area (Å²) in [7, 11) is -3.23. The van der Waals surface area contributed by atoms with Gasteiger partial charge in [0.25, 0.3) is 0 Å². The molecule has 0 amide bonds. The Labute approximate surface area is 201 Å². The van der Waals surface area contributed by atoms with Crippen molar-refractivity contribution in [3.63, 3.8) is 0 Å². The lowest BCUT2D eigenvalue weighted by Crippen LogP contribution is -2.13. The van der Waals surface area contributed by atoms with E-state index in [1.54, 1.807) is 30.5 Å². The molecular weight excluding hydrogens is 475 g/mol. The van der Waals surface area contributed by atoms with Gasteiger partial charge >= 0.3 is 0 Å². The number of rotatable bonds is 9. The second-order valence-corrected chi connectivity index (χ2v) is 11.0. The van der Waals surface area contributed by atoms with Gasteiger partial charge in [0.2, 0.25) is 5.95 Å². The van der Waals surface area contributed by atoms with Gasteiger partial charge < -0.3 is 5.32 Å². The van der Waals surface area contributed by atoms with Gasteiger partial charge in [0.05, 0.1) is 27.4 Å². The summed E-state index contributed by atoms with van der Waals surface area (Å²) in [5, 5.41) is 5.00. The first kappa shape index (κ1) is 23.9. The van der Waals surface area contributed by atoms with Crippen LogP contribution < -0.4 is 5.32 Å². The molecule has 1 N–H and O–H groups in total. The summed E-state index contributed by atoms with van der Waals surface area (Å²) in [6, 6.07) is 9.63. The minimum Gasteiger partial charge on any atom is -0.348 e. The number of halogens is 1. The van der Waals surface area contributed by atoms with Crippen LogP contribution in [0.3, 0.4) is 0 Å². The summed E-state index contributed by atoms with van der Waals surface area (Å²) in [6.45, 7) is 1.84. The summed E-state index contributed by atoms with van der Waals surface area (Å²) in [5.41, 5.74) is 2.64. The van der Waals surface area contributed by atoms with E-state index < -0.39 is 15.7 Å². The molecule has 3 aromatic heterocycles. The van der Waals surface area contributed by atoms with Crippen molar-refractivity contribution in [2.75, 3.05) is 11.6 Å². The quantitative estimate of drug-likeness (QED) is 0.324. The molecule has 0 aliphatic rings. The van der Waals surface area contributed by atoms with Crippen molar-refractivity contribution in [1.29, 1.82) is 0 Å². The van der Waals surface area contributed by atoms with Gasteiger partial charge in [-0.25, -0.2) is 22.8 Å². The van der Waals surface area contributed by atoms with Gasteiger partial charge in [0.15, 0.2) is 15.6 Å². The van der Waals surface area contributed by atoms with Crippen LogP contribution in [-0.2, 0) is 16.3 Å². The summed E-state index contributed by atoms with van der Waals surface area (Å²) in [6.07, 6.45) is 5.41. The molecule has 0 aliphatic heterocycles. The molecule has 3 heterocycles. The Morgan fingerprint density at radius 3 is 2.62 bits per heavy atom. The van der Waals surface area contributed by atoms with Crippen LogP contribution >= 0.6 is 11.3 Å². The van der Waals surface area contributed by atoms with E-state index in [1.807, 2.05) is 18.4 Å². The highest BCUT2D eigenvalue weighted by Gasteiger charge is 2.18. The Bertz CT molecular complexity index is 1440. The third-order valence-corrected chi connectivity index (χ3v) is 7.40. The summed E-state index contributed by atoms with van der Waals surface area (Å²) < 4.78 is 37.5. The molecule has 34 heavy (non-hydrogen) atoms. The van der Waals surface area contributed by atoms with Crippen molar-refractivity contribution in [2.24, 2.45) is 0 Å². The number of anilines is 1. The third kappa shape index (κ3) is 5.63. The molecule has 1 aromatic carbocycles. The van der Waals surface area contributed by atoms with E-state index in [0.29, 0.717) is 42.0 Å². The van der Waals surface area contributed by atoms with Crippen LogP contribution in [0.1, 0.15) is 47.4 Å². The van der Waals surface area contributed by atoms with Gasteiger partial charge in [0.1, 0.15) is 11.5 Å². The molecule has 4 rings (SSSR count). The Morgan fingerprint density at radius 1 is 1.15 bits per heavy atom. The maximum atomic E-state index is 13.5. The maximum Gasteiger partial charge on any atom is 0.224 e.